The topological polar surface area (TPSA) is 114 Å². The number of rotatable bonds is 13. The van der Waals surface area contributed by atoms with Gasteiger partial charge in [-0.2, -0.15) is 0 Å². The van der Waals surface area contributed by atoms with E-state index in [0.717, 1.165) is 25.3 Å². The van der Waals surface area contributed by atoms with E-state index in [2.05, 4.69) is 6.92 Å². The minimum absolute atomic E-state index is 0. The van der Waals surface area contributed by atoms with Gasteiger partial charge in [-0.3, -0.25) is 0 Å². The molecule has 6 nitrogen and oxygen atoms in total. The van der Waals surface area contributed by atoms with Gasteiger partial charge in [-0.1, -0.05) is 76.8 Å². The second kappa shape index (κ2) is 13.5. The van der Waals surface area contributed by atoms with Crippen molar-refractivity contribution in [3.05, 3.63) is 23.8 Å². The molecule has 0 saturated carbocycles. The molecule has 0 amide bonds. The number of unbranched alkanes of at least 4 members (excludes halogenated alkanes) is 9. The van der Waals surface area contributed by atoms with E-state index >= 15 is 0 Å². The predicted molar refractivity (Wildman–Crippen MR) is 104 cm³/mol. The molecular formula is C18H28CaO6S2. The van der Waals surface area contributed by atoms with Crippen LogP contribution in [0.1, 0.15) is 76.7 Å². The van der Waals surface area contributed by atoms with Gasteiger partial charge in [-0.05, 0) is 24.5 Å². The zero-order chi connectivity index (χ0) is 19.6. The van der Waals surface area contributed by atoms with Crippen LogP contribution in [0.25, 0.3) is 0 Å². The van der Waals surface area contributed by atoms with Gasteiger partial charge in [-0.15, -0.1) is 0 Å². The van der Waals surface area contributed by atoms with Crippen LogP contribution in [-0.2, 0) is 26.7 Å². The van der Waals surface area contributed by atoms with E-state index in [1.807, 2.05) is 0 Å². The van der Waals surface area contributed by atoms with Crippen LogP contribution in [0.15, 0.2) is 28.0 Å². The maximum Gasteiger partial charge on any atom is 2.00 e. The van der Waals surface area contributed by atoms with Crippen LogP contribution in [0.2, 0.25) is 0 Å². The van der Waals surface area contributed by atoms with Crippen molar-refractivity contribution in [2.75, 3.05) is 0 Å². The standard InChI is InChI=1S/C18H30O6S2.Ca/c1-2-3-4-5-6-7-8-9-10-11-13-16-14-12-15-17(25(19,20)21)18(16)26(22,23)24;/h12,14-15H,2-11,13H2,1H3,(H,19,20,21)(H,22,23,24);/q;+2/p-2. The SMILES string of the molecule is CCCCCCCCCCCCc1cccc(S(=O)(=O)[O-])c1S(=O)(=O)[O-].[Ca+2]. The summed E-state index contributed by atoms with van der Waals surface area (Å²) < 4.78 is 68.0. The minimum Gasteiger partial charge on any atom is -0.744 e. The van der Waals surface area contributed by atoms with Gasteiger partial charge in [0.1, 0.15) is 20.2 Å². The summed E-state index contributed by atoms with van der Waals surface area (Å²) in [5.74, 6) is 0. The monoisotopic (exact) mass is 444 g/mol. The third-order valence-electron chi connectivity index (χ3n) is 4.38. The van der Waals surface area contributed by atoms with Crippen LogP contribution in [-0.4, -0.2) is 63.7 Å². The summed E-state index contributed by atoms with van der Waals surface area (Å²) in [4.78, 5) is -1.83. The summed E-state index contributed by atoms with van der Waals surface area (Å²) in [5, 5.41) is 0. The Kier molecular flexibility index (Phi) is 13.7. The van der Waals surface area contributed by atoms with E-state index in [4.69, 9.17) is 0 Å². The normalized spacial score (nSPS) is 12.0. The average molecular weight is 445 g/mol. The van der Waals surface area contributed by atoms with Crippen LogP contribution in [0.4, 0.5) is 0 Å². The molecule has 0 unspecified atom stereocenters. The third-order valence-corrected chi connectivity index (χ3v) is 6.37. The Balaban J connectivity index is 0.00000676. The summed E-state index contributed by atoms with van der Waals surface area (Å²) in [6, 6.07) is 3.56. The molecule has 0 aromatic heterocycles. The van der Waals surface area contributed by atoms with Crippen LogP contribution < -0.4 is 0 Å². The van der Waals surface area contributed by atoms with Gasteiger partial charge in [-0.25, -0.2) is 16.8 Å². The summed E-state index contributed by atoms with van der Waals surface area (Å²) in [5.41, 5.74) is 0.108. The molecule has 0 atom stereocenters. The average Bonchev–Trinajstić information content (AvgIpc) is 2.54. The van der Waals surface area contributed by atoms with E-state index in [9.17, 15) is 25.9 Å². The number of hydrogen-bond donors (Lipinski definition) is 0. The first-order valence-corrected chi connectivity index (χ1v) is 12.0. The molecule has 27 heavy (non-hydrogen) atoms. The smallest absolute Gasteiger partial charge is 0.744 e. The fourth-order valence-corrected chi connectivity index (χ4v) is 5.06. The Morgan fingerprint density at radius 2 is 1.22 bits per heavy atom. The van der Waals surface area contributed by atoms with Crippen molar-refractivity contribution in [3.8, 4) is 0 Å². The summed E-state index contributed by atoms with van der Waals surface area (Å²) >= 11 is 0. The maximum absolute atomic E-state index is 11.4. The van der Waals surface area contributed by atoms with E-state index in [0.29, 0.717) is 6.42 Å². The predicted octanol–water partition coefficient (Wildman–Crippen LogP) is 3.58. The molecule has 1 rings (SSSR count). The molecule has 0 saturated heterocycles. The maximum atomic E-state index is 11.4. The van der Waals surface area contributed by atoms with Crippen LogP contribution >= 0.6 is 0 Å². The van der Waals surface area contributed by atoms with Crippen LogP contribution in [0, 0.1) is 0 Å². The molecule has 9 heteroatoms. The van der Waals surface area contributed by atoms with E-state index in [-0.39, 0.29) is 49.7 Å². The first kappa shape index (κ1) is 27.3. The zero-order valence-electron chi connectivity index (χ0n) is 16.0. The van der Waals surface area contributed by atoms with Crippen LogP contribution in [0.5, 0.6) is 0 Å². The molecule has 0 spiro atoms. The number of aryl methyl sites for hydroxylation is 1. The molecule has 0 N–H and O–H groups in total. The Morgan fingerprint density at radius 3 is 1.67 bits per heavy atom. The van der Waals surface area contributed by atoms with Crippen LogP contribution in [0.3, 0.4) is 0 Å². The molecule has 0 fully saturated rings. The molecule has 0 heterocycles. The first-order chi connectivity index (χ1) is 12.2. The van der Waals surface area contributed by atoms with Gasteiger partial charge in [0.05, 0.1) is 9.79 Å². The molecule has 0 aliphatic rings. The van der Waals surface area contributed by atoms with E-state index in [1.54, 1.807) is 0 Å². The van der Waals surface area contributed by atoms with Gasteiger partial charge in [0, 0.05) is 0 Å². The zero-order valence-corrected chi connectivity index (χ0v) is 19.8. The molecule has 1 aromatic rings. The Hall–Kier alpha value is 0.300. The second-order valence-corrected chi connectivity index (χ2v) is 9.25. The fraction of sp³-hybridized carbons (Fsp3) is 0.667. The molecule has 1 aromatic carbocycles. The number of benzene rings is 1. The fourth-order valence-electron chi connectivity index (χ4n) is 3.04. The Labute approximate surface area is 193 Å². The molecule has 0 bridgehead atoms. The third kappa shape index (κ3) is 10.6. The molecule has 0 aliphatic carbocycles. The van der Waals surface area contributed by atoms with Gasteiger partial charge in [0.25, 0.3) is 0 Å². The van der Waals surface area contributed by atoms with Crippen molar-refractivity contribution in [3.63, 3.8) is 0 Å². The van der Waals surface area contributed by atoms with Crippen molar-refractivity contribution in [2.45, 2.75) is 87.3 Å². The minimum atomic E-state index is -5.04. The van der Waals surface area contributed by atoms with Crippen molar-refractivity contribution in [1.82, 2.24) is 0 Å². The van der Waals surface area contributed by atoms with E-state index < -0.39 is 30.0 Å². The molecule has 150 valence electrons. The Morgan fingerprint density at radius 1 is 0.741 bits per heavy atom. The molecule has 0 aliphatic heterocycles. The van der Waals surface area contributed by atoms with Crippen molar-refractivity contribution >= 4 is 58.0 Å². The first-order valence-electron chi connectivity index (χ1n) is 9.21. The van der Waals surface area contributed by atoms with Gasteiger partial charge >= 0.3 is 37.7 Å². The van der Waals surface area contributed by atoms with Crippen molar-refractivity contribution in [2.24, 2.45) is 0 Å². The molecular weight excluding hydrogens is 416 g/mol. The summed E-state index contributed by atoms with van der Waals surface area (Å²) in [7, 11) is -10.1. The summed E-state index contributed by atoms with van der Waals surface area (Å²) in [6.07, 6.45) is 11.3. The quantitative estimate of drug-likeness (QED) is 0.261. The number of hydrogen-bond acceptors (Lipinski definition) is 6. The molecule has 0 radical (unpaired) electrons. The van der Waals surface area contributed by atoms with Gasteiger partial charge < -0.3 is 9.11 Å². The van der Waals surface area contributed by atoms with Gasteiger partial charge in [0.2, 0.25) is 0 Å². The van der Waals surface area contributed by atoms with Gasteiger partial charge in [0.15, 0.2) is 0 Å². The second-order valence-electron chi connectivity index (χ2n) is 6.58. The van der Waals surface area contributed by atoms with Crippen molar-refractivity contribution in [1.29, 1.82) is 0 Å². The summed E-state index contributed by atoms with van der Waals surface area (Å²) in [6.45, 7) is 2.19. The largest absolute Gasteiger partial charge is 2.00 e. The van der Waals surface area contributed by atoms with E-state index in [1.165, 1.54) is 50.7 Å². The van der Waals surface area contributed by atoms with Crippen molar-refractivity contribution < 1.29 is 25.9 Å². The Bertz CT molecular complexity index is 760.